The van der Waals surface area contributed by atoms with Crippen molar-refractivity contribution >= 4 is 33.2 Å². The van der Waals surface area contributed by atoms with Crippen LogP contribution >= 0.6 is 11.6 Å². The van der Waals surface area contributed by atoms with Gasteiger partial charge in [0.2, 0.25) is 10.0 Å². The van der Waals surface area contributed by atoms with E-state index in [1.54, 1.807) is 6.07 Å². The quantitative estimate of drug-likeness (QED) is 0.643. The fraction of sp³-hybridized carbons (Fsp3) is 0.150. The van der Waals surface area contributed by atoms with Crippen LogP contribution in [0.3, 0.4) is 0 Å². The minimum absolute atomic E-state index is 0.136. The predicted molar refractivity (Wildman–Crippen MR) is 113 cm³/mol. The Morgan fingerprint density at radius 1 is 1.10 bits per heavy atom. The molecule has 2 aromatic carbocycles. The van der Waals surface area contributed by atoms with Crippen LogP contribution in [0.1, 0.15) is 10.4 Å². The Bertz CT molecular complexity index is 1130. The molecule has 0 saturated carbocycles. The number of nitrogens with one attached hydrogen (secondary N) is 1. The standard InChI is InChI=1S/C20H20ClN3O4S/c1-23(2)29(26,27)15-8-6-14(7-9-15)22-20(25)16-12-17(21)18(13-19(16)28-3)24-10-4-5-11-24/h4-13H,1-3H3,(H,22,25). The summed E-state index contributed by atoms with van der Waals surface area (Å²) in [5.74, 6) is -0.0616. The number of ether oxygens (including phenoxy) is 1. The summed E-state index contributed by atoms with van der Waals surface area (Å²) in [6.07, 6.45) is 3.67. The molecule has 9 heteroatoms. The van der Waals surface area contributed by atoms with Gasteiger partial charge in [-0.15, -0.1) is 0 Å². The zero-order valence-corrected chi connectivity index (χ0v) is 17.7. The van der Waals surface area contributed by atoms with Crippen LogP contribution in [0.15, 0.2) is 65.8 Å². The van der Waals surface area contributed by atoms with Gasteiger partial charge in [-0.25, -0.2) is 12.7 Å². The number of hydrogen-bond acceptors (Lipinski definition) is 4. The maximum absolute atomic E-state index is 12.8. The monoisotopic (exact) mass is 433 g/mol. The molecule has 1 amide bonds. The number of amides is 1. The van der Waals surface area contributed by atoms with E-state index in [1.807, 2.05) is 29.1 Å². The summed E-state index contributed by atoms with van der Waals surface area (Å²) >= 11 is 6.37. The van der Waals surface area contributed by atoms with Crippen molar-refractivity contribution in [3.63, 3.8) is 0 Å². The Kier molecular flexibility index (Phi) is 5.97. The molecule has 7 nitrogen and oxygen atoms in total. The molecule has 0 aliphatic rings. The number of benzene rings is 2. The summed E-state index contributed by atoms with van der Waals surface area (Å²) in [6.45, 7) is 0. The van der Waals surface area contributed by atoms with Crippen molar-refractivity contribution in [2.45, 2.75) is 4.90 Å². The van der Waals surface area contributed by atoms with Crippen LogP contribution in [0.25, 0.3) is 5.69 Å². The number of sulfonamides is 1. The minimum Gasteiger partial charge on any atom is -0.496 e. The summed E-state index contributed by atoms with van der Waals surface area (Å²) in [5.41, 5.74) is 1.39. The number of aromatic nitrogens is 1. The van der Waals surface area contributed by atoms with E-state index in [4.69, 9.17) is 16.3 Å². The highest BCUT2D eigenvalue weighted by molar-refractivity contribution is 7.89. The van der Waals surface area contributed by atoms with Crippen molar-refractivity contribution in [1.82, 2.24) is 8.87 Å². The number of anilines is 1. The average molecular weight is 434 g/mol. The Morgan fingerprint density at radius 2 is 1.72 bits per heavy atom. The Labute approximate surface area is 174 Å². The molecule has 1 heterocycles. The molecule has 29 heavy (non-hydrogen) atoms. The molecule has 0 saturated heterocycles. The molecule has 0 bridgehead atoms. The molecule has 1 aromatic heterocycles. The largest absolute Gasteiger partial charge is 0.496 e. The number of methoxy groups -OCH3 is 1. The maximum Gasteiger partial charge on any atom is 0.259 e. The van der Waals surface area contributed by atoms with Gasteiger partial charge in [-0.2, -0.15) is 0 Å². The van der Waals surface area contributed by atoms with Crippen LogP contribution in [0.4, 0.5) is 5.69 Å². The molecule has 0 fully saturated rings. The predicted octanol–water partition coefficient (Wildman–Crippen LogP) is 3.64. The summed E-state index contributed by atoms with van der Waals surface area (Å²) < 4.78 is 32.6. The van der Waals surface area contributed by atoms with E-state index >= 15 is 0 Å². The van der Waals surface area contributed by atoms with Crippen LogP contribution in [0.5, 0.6) is 5.75 Å². The first-order chi connectivity index (χ1) is 13.7. The van der Waals surface area contributed by atoms with Gasteiger partial charge in [0, 0.05) is 38.2 Å². The Balaban J connectivity index is 1.87. The number of carbonyl (C=O) groups excluding carboxylic acids is 1. The first-order valence-electron chi connectivity index (χ1n) is 8.59. The maximum atomic E-state index is 12.8. The number of halogens is 1. The highest BCUT2D eigenvalue weighted by Crippen LogP contribution is 2.30. The molecular formula is C20H20ClN3O4S. The second-order valence-corrected chi connectivity index (χ2v) is 8.92. The number of carbonyl (C=O) groups is 1. The molecule has 3 aromatic rings. The van der Waals surface area contributed by atoms with Crippen molar-refractivity contribution in [2.24, 2.45) is 0 Å². The van der Waals surface area contributed by atoms with Crippen molar-refractivity contribution in [3.8, 4) is 11.4 Å². The Morgan fingerprint density at radius 3 is 2.28 bits per heavy atom. The van der Waals surface area contributed by atoms with E-state index in [2.05, 4.69) is 5.32 Å². The van der Waals surface area contributed by atoms with Crippen molar-refractivity contribution in [3.05, 3.63) is 71.5 Å². The highest BCUT2D eigenvalue weighted by Gasteiger charge is 2.19. The van der Waals surface area contributed by atoms with E-state index in [9.17, 15) is 13.2 Å². The normalized spacial score (nSPS) is 11.5. The third kappa shape index (κ3) is 4.29. The minimum atomic E-state index is -3.54. The lowest BCUT2D eigenvalue weighted by Gasteiger charge is -2.14. The fourth-order valence-electron chi connectivity index (χ4n) is 2.70. The number of hydrogen-bond donors (Lipinski definition) is 1. The van der Waals surface area contributed by atoms with Crippen molar-refractivity contribution < 1.29 is 17.9 Å². The smallest absolute Gasteiger partial charge is 0.259 e. The average Bonchev–Trinajstić information content (AvgIpc) is 3.22. The molecule has 0 aliphatic heterocycles. The third-order valence-corrected chi connectivity index (χ3v) is 6.42. The molecule has 0 atom stereocenters. The van der Waals surface area contributed by atoms with Crippen LogP contribution in [-0.2, 0) is 10.0 Å². The summed E-state index contributed by atoms with van der Waals surface area (Å²) in [6, 6.07) is 12.9. The van der Waals surface area contributed by atoms with Gasteiger partial charge in [0.25, 0.3) is 5.91 Å². The van der Waals surface area contributed by atoms with Gasteiger partial charge in [0.1, 0.15) is 5.75 Å². The van der Waals surface area contributed by atoms with E-state index in [1.165, 1.54) is 51.5 Å². The second kappa shape index (κ2) is 8.28. The van der Waals surface area contributed by atoms with Gasteiger partial charge in [-0.1, -0.05) is 11.6 Å². The van der Waals surface area contributed by atoms with Gasteiger partial charge in [-0.3, -0.25) is 4.79 Å². The van der Waals surface area contributed by atoms with Gasteiger partial charge in [-0.05, 0) is 42.5 Å². The van der Waals surface area contributed by atoms with E-state index in [0.29, 0.717) is 22.1 Å². The van der Waals surface area contributed by atoms with E-state index in [-0.39, 0.29) is 10.5 Å². The molecule has 0 aliphatic carbocycles. The van der Waals surface area contributed by atoms with Gasteiger partial charge in [0.05, 0.1) is 28.3 Å². The molecule has 0 radical (unpaired) electrons. The summed E-state index contributed by atoms with van der Waals surface area (Å²) in [4.78, 5) is 12.9. The zero-order chi connectivity index (χ0) is 21.2. The van der Waals surface area contributed by atoms with Crippen LogP contribution < -0.4 is 10.1 Å². The SMILES string of the molecule is COc1cc(-n2cccc2)c(Cl)cc1C(=O)Nc1ccc(S(=O)(=O)N(C)C)cc1. The zero-order valence-electron chi connectivity index (χ0n) is 16.1. The topological polar surface area (TPSA) is 80.6 Å². The van der Waals surface area contributed by atoms with E-state index < -0.39 is 15.9 Å². The van der Waals surface area contributed by atoms with Crippen molar-refractivity contribution in [2.75, 3.05) is 26.5 Å². The molecule has 0 spiro atoms. The molecule has 152 valence electrons. The first kappa shape index (κ1) is 20.9. The van der Waals surface area contributed by atoms with Gasteiger partial charge >= 0.3 is 0 Å². The summed E-state index contributed by atoms with van der Waals surface area (Å²) in [5, 5.41) is 3.12. The lowest BCUT2D eigenvalue weighted by Crippen LogP contribution is -2.22. The molecule has 3 rings (SSSR count). The lowest BCUT2D eigenvalue weighted by molar-refractivity contribution is 0.102. The first-order valence-corrected chi connectivity index (χ1v) is 10.4. The third-order valence-electron chi connectivity index (χ3n) is 4.29. The van der Waals surface area contributed by atoms with Crippen LogP contribution in [0, 0.1) is 0 Å². The number of rotatable bonds is 6. The number of nitrogens with zero attached hydrogens (tertiary/aromatic N) is 2. The van der Waals surface area contributed by atoms with E-state index in [0.717, 1.165) is 4.31 Å². The summed E-state index contributed by atoms with van der Waals surface area (Å²) in [7, 11) is 0.850. The fourth-order valence-corrected chi connectivity index (χ4v) is 3.86. The van der Waals surface area contributed by atoms with Crippen molar-refractivity contribution in [1.29, 1.82) is 0 Å². The Hall–Kier alpha value is -2.81. The molecule has 1 N–H and O–H groups in total. The molecule has 0 unspecified atom stereocenters. The lowest BCUT2D eigenvalue weighted by atomic mass is 10.1. The highest BCUT2D eigenvalue weighted by atomic mass is 35.5. The van der Waals surface area contributed by atoms with Gasteiger partial charge < -0.3 is 14.6 Å². The van der Waals surface area contributed by atoms with Crippen LogP contribution in [0.2, 0.25) is 5.02 Å². The molecular weight excluding hydrogens is 414 g/mol. The second-order valence-electron chi connectivity index (χ2n) is 6.36. The van der Waals surface area contributed by atoms with Crippen LogP contribution in [-0.4, -0.2) is 44.4 Å². The van der Waals surface area contributed by atoms with Gasteiger partial charge in [0.15, 0.2) is 0 Å².